The highest BCUT2D eigenvalue weighted by atomic mass is 35.5. The second kappa shape index (κ2) is 7.01. The maximum Gasteiger partial charge on any atom is 0.311 e. The zero-order chi connectivity index (χ0) is 19.9. The Morgan fingerprint density at radius 1 is 1.39 bits per heavy atom. The zero-order valence-corrected chi connectivity index (χ0v) is 15.9. The first kappa shape index (κ1) is 18.6. The number of halogens is 2. The summed E-state index contributed by atoms with van der Waals surface area (Å²) in [6.45, 7) is 1.69. The third kappa shape index (κ3) is 3.17. The van der Waals surface area contributed by atoms with Crippen molar-refractivity contribution in [2.75, 3.05) is 5.32 Å². The number of aromatic nitrogens is 4. The lowest BCUT2D eigenvalue weighted by Crippen LogP contribution is -2.47. The second-order valence-corrected chi connectivity index (χ2v) is 7.74. The maximum absolute atomic E-state index is 14.4. The number of fused-ring (bicyclic) bond motifs is 1. The van der Waals surface area contributed by atoms with Gasteiger partial charge in [0.1, 0.15) is 5.65 Å². The molecule has 0 bridgehead atoms. The zero-order valence-electron chi connectivity index (χ0n) is 15.2. The lowest BCUT2D eigenvalue weighted by molar-refractivity contribution is -0.150. The molecule has 0 unspecified atom stereocenters. The molecular weight excluding hydrogens is 385 g/mol. The lowest BCUT2D eigenvalue weighted by atomic mass is 9.71. The summed E-state index contributed by atoms with van der Waals surface area (Å²) in [5.74, 6) is -1.23. The summed E-state index contributed by atoms with van der Waals surface area (Å²) in [7, 11) is 0. The van der Waals surface area contributed by atoms with Crippen LogP contribution in [0.25, 0.3) is 22.4 Å². The number of nitrogens with one attached hydrogen (secondary N) is 2. The Kier molecular flexibility index (Phi) is 4.66. The predicted molar refractivity (Wildman–Crippen MR) is 104 cm³/mol. The minimum atomic E-state index is -0.978. The SMILES string of the molecule is C[C@]1(C(=O)O)CCCC[C@@H]1Nc1nc(-c2c[nH]c3ncc(Cl)cc23)ncc1F. The van der Waals surface area contributed by atoms with Crippen LogP contribution in [0.2, 0.25) is 5.02 Å². The Balaban J connectivity index is 1.71. The number of aromatic amines is 1. The van der Waals surface area contributed by atoms with Gasteiger partial charge in [-0.05, 0) is 25.8 Å². The molecule has 0 saturated heterocycles. The van der Waals surface area contributed by atoms with Gasteiger partial charge < -0.3 is 15.4 Å². The monoisotopic (exact) mass is 403 g/mol. The number of aliphatic carboxylic acids is 1. The van der Waals surface area contributed by atoms with Gasteiger partial charge in [0.05, 0.1) is 16.6 Å². The van der Waals surface area contributed by atoms with Crippen molar-refractivity contribution in [3.63, 3.8) is 0 Å². The van der Waals surface area contributed by atoms with E-state index in [4.69, 9.17) is 11.6 Å². The van der Waals surface area contributed by atoms with Crippen molar-refractivity contribution in [1.82, 2.24) is 19.9 Å². The topological polar surface area (TPSA) is 104 Å². The molecule has 9 heteroatoms. The maximum atomic E-state index is 14.4. The van der Waals surface area contributed by atoms with Gasteiger partial charge in [-0.25, -0.2) is 19.3 Å². The molecular formula is C19H19ClFN5O2. The molecule has 1 saturated carbocycles. The Hall–Kier alpha value is -2.74. The van der Waals surface area contributed by atoms with Crippen molar-refractivity contribution in [2.45, 2.75) is 38.6 Å². The van der Waals surface area contributed by atoms with Crippen LogP contribution in [0.1, 0.15) is 32.6 Å². The summed E-state index contributed by atoms with van der Waals surface area (Å²) in [6.07, 6.45) is 7.18. The van der Waals surface area contributed by atoms with Crippen LogP contribution in [0, 0.1) is 11.2 Å². The van der Waals surface area contributed by atoms with E-state index in [0.717, 1.165) is 24.4 Å². The molecule has 0 aliphatic heterocycles. The molecule has 3 aromatic heterocycles. The van der Waals surface area contributed by atoms with Gasteiger partial charge in [0.2, 0.25) is 0 Å². The average Bonchev–Trinajstić information content (AvgIpc) is 3.08. The van der Waals surface area contributed by atoms with Crippen LogP contribution in [0.5, 0.6) is 0 Å². The van der Waals surface area contributed by atoms with Gasteiger partial charge in [0.15, 0.2) is 17.5 Å². The number of nitrogens with zero attached hydrogens (tertiary/aromatic N) is 3. The molecule has 1 aliphatic rings. The van der Waals surface area contributed by atoms with Crippen molar-refractivity contribution in [1.29, 1.82) is 0 Å². The molecule has 1 aliphatic carbocycles. The van der Waals surface area contributed by atoms with Gasteiger partial charge in [-0.15, -0.1) is 0 Å². The lowest BCUT2D eigenvalue weighted by Gasteiger charge is -2.38. The van der Waals surface area contributed by atoms with Crippen LogP contribution >= 0.6 is 11.6 Å². The van der Waals surface area contributed by atoms with Gasteiger partial charge in [-0.3, -0.25) is 4.79 Å². The summed E-state index contributed by atoms with van der Waals surface area (Å²) in [5, 5.41) is 13.9. The molecule has 2 atom stereocenters. The van der Waals surface area contributed by atoms with Crippen molar-refractivity contribution < 1.29 is 14.3 Å². The summed E-state index contributed by atoms with van der Waals surface area (Å²) in [5.41, 5.74) is 0.277. The van der Waals surface area contributed by atoms with Crippen LogP contribution in [0.4, 0.5) is 10.2 Å². The van der Waals surface area contributed by atoms with Crippen LogP contribution < -0.4 is 5.32 Å². The predicted octanol–water partition coefficient (Wildman–Crippen LogP) is 4.26. The highest BCUT2D eigenvalue weighted by molar-refractivity contribution is 6.31. The smallest absolute Gasteiger partial charge is 0.311 e. The van der Waals surface area contributed by atoms with Gasteiger partial charge in [0, 0.05) is 29.4 Å². The van der Waals surface area contributed by atoms with E-state index < -0.39 is 23.2 Å². The molecule has 3 aromatic rings. The van der Waals surface area contributed by atoms with E-state index >= 15 is 0 Å². The molecule has 1 fully saturated rings. The normalized spacial score (nSPS) is 22.3. The van der Waals surface area contributed by atoms with E-state index in [-0.39, 0.29) is 5.82 Å². The van der Waals surface area contributed by atoms with E-state index in [1.165, 1.54) is 6.20 Å². The Bertz CT molecular complexity index is 1060. The Labute approximate surface area is 165 Å². The first-order valence-electron chi connectivity index (χ1n) is 9.04. The molecule has 0 radical (unpaired) electrons. The second-order valence-electron chi connectivity index (χ2n) is 7.31. The quantitative estimate of drug-likeness (QED) is 0.601. The van der Waals surface area contributed by atoms with Crippen molar-refractivity contribution in [3.8, 4) is 11.4 Å². The van der Waals surface area contributed by atoms with Gasteiger partial charge in [0.25, 0.3) is 0 Å². The molecule has 3 heterocycles. The minimum absolute atomic E-state index is 0.00582. The molecule has 7 nitrogen and oxygen atoms in total. The Morgan fingerprint density at radius 2 is 2.21 bits per heavy atom. The van der Waals surface area contributed by atoms with E-state index in [2.05, 4.69) is 25.3 Å². The largest absolute Gasteiger partial charge is 0.481 e. The van der Waals surface area contributed by atoms with E-state index in [9.17, 15) is 14.3 Å². The fraction of sp³-hybridized carbons (Fsp3) is 0.368. The van der Waals surface area contributed by atoms with Crippen molar-refractivity contribution in [2.24, 2.45) is 5.41 Å². The summed E-state index contributed by atoms with van der Waals surface area (Å²) >= 11 is 6.04. The first-order valence-corrected chi connectivity index (χ1v) is 9.42. The molecule has 0 aromatic carbocycles. The third-order valence-corrected chi connectivity index (χ3v) is 5.70. The number of pyridine rings is 1. The van der Waals surface area contributed by atoms with Crippen LogP contribution in [0.15, 0.2) is 24.7 Å². The standard InChI is InChI=1S/C19H19ClFN5O2/c1-19(18(27)28)5-3-2-4-14(19)25-17-13(21)9-24-16(26-17)12-8-23-15-11(12)6-10(20)7-22-15/h6-9,14H,2-5H2,1H3,(H,22,23)(H,27,28)(H,24,25,26)/t14-,19-/m0/s1. The summed E-state index contributed by atoms with van der Waals surface area (Å²) in [4.78, 5) is 27.4. The molecule has 3 N–H and O–H groups in total. The van der Waals surface area contributed by atoms with E-state index in [0.29, 0.717) is 34.9 Å². The number of carboxylic acids is 1. The highest BCUT2D eigenvalue weighted by Gasteiger charge is 2.43. The minimum Gasteiger partial charge on any atom is -0.481 e. The number of carbonyl (C=O) groups is 1. The number of rotatable bonds is 4. The molecule has 0 amide bonds. The van der Waals surface area contributed by atoms with Gasteiger partial charge in [-0.2, -0.15) is 0 Å². The number of hydrogen-bond donors (Lipinski definition) is 3. The number of hydrogen-bond acceptors (Lipinski definition) is 5. The highest BCUT2D eigenvalue weighted by Crippen LogP contribution is 2.38. The number of H-pyrrole nitrogens is 1. The Morgan fingerprint density at radius 3 is 3.00 bits per heavy atom. The van der Waals surface area contributed by atoms with Crippen molar-refractivity contribution >= 4 is 34.4 Å². The number of carboxylic acid groups (broad SMARTS) is 1. The molecule has 0 spiro atoms. The third-order valence-electron chi connectivity index (χ3n) is 5.49. The van der Waals surface area contributed by atoms with Gasteiger partial charge >= 0.3 is 5.97 Å². The van der Waals surface area contributed by atoms with Gasteiger partial charge in [-0.1, -0.05) is 24.4 Å². The average molecular weight is 404 g/mol. The van der Waals surface area contributed by atoms with Crippen molar-refractivity contribution in [3.05, 3.63) is 35.5 Å². The summed E-state index contributed by atoms with van der Waals surface area (Å²) < 4.78 is 14.4. The van der Waals surface area contributed by atoms with E-state index in [1.807, 2.05) is 0 Å². The first-order chi connectivity index (χ1) is 13.4. The number of anilines is 1. The molecule has 146 valence electrons. The van der Waals surface area contributed by atoms with Crippen LogP contribution in [-0.4, -0.2) is 37.1 Å². The van der Waals surface area contributed by atoms with E-state index in [1.54, 1.807) is 19.2 Å². The summed E-state index contributed by atoms with van der Waals surface area (Å²) in [6, 6.07) is 1.31. The fourth-order valence-corrected chi connectivity index (χ4v) is 3.90. The van der Waals surface area contributed by atoms with Crippen LogP contribution in [-0.2, 0) is 4.79 Å². The molecule has 28 heavy (non-hydrogen) atoms. The fourth-order valence-electron chi connectivity index (χ4n) is 3.75. The molecule has 4 rings (SSSR count). The van der Waals surface area contributed by atoms with Crippen LogP contribution in [0.3, 0.4) is 0 Å².